The third-order valence-electron chi connectivity index (χ3n) is 3.10. The fourth-order valence-electron chi connectivity index (χ4n) is 1.56. The summed E-state index contributed by atoms with van der Waals surface area (Å²) in [6, 6.07) is 8.30. The molecule has 3 heteroatoms. The fourth-order valence-corrected chi connectivity index (χ4v) is 1.69. The quantitative estimate of drug-likeness (QED) is 0.835. The first-order valence-electron chi connectivity index (χ1n) is 5.98. The van der Waals surface area contributed by atoms with Crippen molar-refractivity contribution >= 4 is 11.6 Å². The van der Waals surface area contributed by atoms with Crippen LogP contribution in [0.1, 0.15) is 38.8 Å². The lowest BCUT2D eigenvalue weighted by molar-refractivity contribution is 0.0154. The molecule has 0 unspecified atom stereocenters. The molecular formula is C14H22ClNO. The van der Waals surface area contributed by atoms with Gasteiger partial charge in [0.1, 0.15) is 0 Å². The minimum atomic E-state index is -0.0628. The van der Waals surface area contributed by atoms with Crippen LogP contribution in [0.4, 0.5) is 0 Å². The van der Waals surface area contributed by atoms with Gasteiger partial charge in [-0.25, -0.2) is 0 Å². The summed E-state index contributed by atoms with van der Waals surface area (Å²) in [6.45, 7) is 7.29. The molecule has 0 saturated carbocycles. The summed E-state index contributed by atoms with van der Waals surface area (Å²) < 4.78 is 5.38. The largest absolute Gasteiger partial charge is 0.379 e. The van der Waals surface area contributed by atoms with E-state index in [1.54, 1.807) is 7.11 Å². The van der Waals surface area contributed by atoms with Gasteiger partial charge < -0.3 is 10.1 Å². The monoisotopic (exact) mass is 255 g/mol. The third kappa shape index (κ3) is 5.07. The zero-order valence-electron chi connectivity index (χ0n) is 11.1. The Balaban J connectivity index is 2.40. The molecule has 0 spiro atoms. The van der Waals surface area contributed by atoms with E-state index in [2.05, 4.69) is 38.2 Å². The van der Waals surface area contributed by atoms with Crippen molar-refractivity contribution in [3.05, 3.63) is 34.9 Å². The van der Waals surface area contributed by atoms with Gasteiger partial charge >= 0.3 is 0 Å². The number of benzene rings is 1. The number of rotatable bonds is 6. The van der Waals surface area contributed by atoms with Crippen LogP contribution < -0.4 is 5.32 Å². The molecule has 96 valence electrons. The van der Waals surface area contributed by atoms with E-state index in [9.17, 15) is 0 Å². The number of hydrogen-bond donors (Lipinski definition) is 1. The predicted molar refractivity (Wildman–Crippen MR) is 73.6 cm³/mol. The van der Waals surface area contributed by atoms with E-state index in [1.165, 1.54) is 5.56 Å². The summed E-state index contributed by atoms with van der Waals surface area (Å²) in [5.41, 5.74) is 1.19. The van der Waals surface area contributed by atoms with Gasteiger partial charge in [0.15, 0.2) is 0 Å². The summed E-state index contributed by atoms with van der Waals surface area (Å²) in [4.78, 5) is 0. The molecule has 0 aliphatic rings. The summed E-state index contributed by atoms with van der Waals surface area (Å²) in [5, 5.41) is 4.26. The van der Waals surface area contributed by atoms with Crippen molar-refractivity contribution in [1.82, 2.24) is 5.32 Å². The molecule has 1 aromatic carbocycles. The van der Waals surface area contributed by atoms with Gasteiger partial charge in [-0.05, 0) is 51.4 Å². The second kappa shape index (κ2) is 6.39. The summed E-state index contributed by atoms with van der Waals surface area (Å²) in [5.74, 6) is 0. The van der Waals surface area contributed by atoms with Gasteiger partial charge in [-0.3, -0.25) is 0 Å². The Labute approximate surface area is 109 Å². The second-order valence-electron chi connectivity index (χ2n) is 4.94. The van der Waals surface area contributed by atoms with Gasteiger partial charge in [-0.2, -0.15) is 0 Å². The highest BCUT2D eigenvalue weighted by atomic mass is 35.5. The Hall–Kier alpha value is -0.570. The summed E-state index contributed by atoms with van der Waals surface area (Å²) in [7, 11) is 1.75. The minimum absolute atomic E-state index is 0.0628. The molecule has 0 aliphatic heterocycles. The molecule has 0 radical (unpaired) electrons. The molecule has 17 heavy (non-hydrogen) atoms. The smallest absolute Gasteiger partial charge is 0.0634 e. The van der Waals surface area contributed by atoms with E-state index < -0.39 is 0 Å². The standard InChI is InChI=1S/C14H22ClNO/c1-11(12-5-7-13(15)8-6-12)16-10-9-14(2,3)17-4/h5-8,11,16H,9-10H2,1-4H3/t11-/m0/s1. The molecule has 2 nitrogen and oxygen atoms in total. The number of halogens is 1. The lowest BCUT2D eigenvalue weighted by Crippen LogP contribution is -2.30. The fraction of sp³-hybridized carbons (Fsp3) is 0.571. The number of ether oxygens (including phenoxy) is 1. The van der Waals surface area contributed by atoms with Gasteiger partial charge in [-0.1, -0.05) is 23.7 Å². The highest BCUT2D eigenvalue weighted by Gasteiger charge is 2.16. The van der Waals surface area contributed by atoms with E-state index in [-0.39, 0.29) is 5.60 Å². The van der Waals surface area contributed by atoms with E-state index in [0.717, 1.165) is 18.0 Å². The molecule has 0 aliphatic carbocycles. The van der Waals surface area contributed by atoms with Gasteiger partial charge in [-0.15, -0.1) is 0 Å². The van der Waals surface area contributed by atoms with Crippen molar-refractivity contribution in [2.45, 2.75) is 38.8 Å². The van der Waals surface area contributed by atoms with E-state index in [4.69, 9.17) is 16.3 Å². The molecule has 0 fully saturated rings. The lowest BCUT2D eigenvalue weighted by atomic mass is 10.0. The maximum absolute atomic E-state index is 5.86. The first-order valence-corrected chi connectivity index (χ1v) is 6.36. The Bertz CT molecular complexity index is 335. The average molecular weight is 256 g/mol. The molecule has 0 aromatic heterocycles. The van der Waals surface area contributed by atoms with Gasteiger partial charge in [0.05, 0.1) is 5.60 Å². The van der Waals surface area contributed by atoms with Gasteiger partial charge in [0, 0.05) is 18.2 Å². The average Bonchev–Trinajstić information content (AvgIpc) is 2.29. The molecule has 1 N–H and O–H groups in total. The van der Waals surface area contributed by atoms with Gasteiger partial charge in [0.2, 0.25) is 0 Å². The second-order valence-corrected chi connectivity index (χ2v) is 5.38. The highest BCUT2D eigenvalue weighted by Crippen LogP contribution is 2.17. The Kier molecular flexibility index (Phi) is 5.44. The molecule has 1 aromatic rings. The van der Waals surface area contributed by atoms with E-state index in [1.807, 2.05) is 12.1 Å². The molecule has 1 atom stereocenters. The molecule has 1 rings (SSSR count). The van der Waals surface area contributed by atoms with Crippen molar-refractivity contribution < 1.29 is 4.74 Å². The van der Waals surface area contributed by atoms with Crippen LogP contribution in [-0.4, -0.2) is 19.3 Å². The van der Waals surface area contributed by atoms with Crippen LogP contribution >= 0.6 is 11.6 Å². The topological polar surface area (TPSA) is 21.3 Å². The molecule has 0 heterocycles. The molecular weight excluding hydrogens is 234 g/mol. The van der Waals surface area contributed by atoms with Crippen molar-refractivity contribution in [3.63, 3.8) is 0 Å². The Morgan fingerprint density at radius 1 is 1.29 bits per heavy atom. The number of nitrogens with one attached hydrogen (secondary N) is 1. The van der Waals surface area contributed by atoms with Crippen LogP contribution in [-0.2, 0) is 4.74 Å². The Morgan fingerprint density at radius 3 is 2.41 bits per heavy atom. The number of hydrogen-bond acceptors (Lipinski definition) is 2. The first-order chi connectivity index (χ1) is 7.94. The number of methoxy groups -OCH3 is 1. The van der Waals surface area contributed by atoms with Crippen LogP contribution in [0.3, 0.4) is 0 Å². The lowest BCUT2D eigenvalue weighted by Gasteiger charge is -2.24. The zero-order valence-corrected chi connectivity index (χ0v) is 11.8. The van der Waals surface area contributed by atoms with Crippen LogP contribution in [0.15, 0.2) is 24.3 Å². The maximum atomic E-state index is 5.86. The van der Waals surface area contributed by atoms with Gasteiger partial charge in [0.25, 0.3) is 0 Å². The highest BCUT2D eigenvalue weighted by molar-refractivity contribution is 6.30. The Morgan fingerprint density at radius 2 is 1.88 bits per heavy atom. The molecule has 0 amide bonds. The van der Waals surface area contributed by atoms with Crippen molar-refractivity contribution in [1.29, 1.82) is 0 Å². The molecule has 0 bridgehead atoms. The minimum Gasteiger partial charge on any atom is -0.379 e. The summed E-state index contributed by atoms with van der Waals surface area (Å²) in [6.07, 6.45) is 0.988. The van der Waals surface area contributed by atoms with Crippen LogP contribution in [0.25, 0.3) is 0 Å². The normalized spacial score (nSPS) is 13.7. The summed E-state index contributed by atoms with van der Waals surface area (Å²) >= 11 is 5.86. The zero-order chi connectivity index (χ0) is 12.9. The molecule has 0 saturated heterocycles. The van der Waals surface area contributed by atoms with Crippen molar-refractivity contribution in [2.24, 2.45) is 0 Å². The van der Waals surface area contributed by atoms with Crippen molar-refractivity contribution in [3.8, 4) is 0 Å². The van der Waals surface area contributed by atoms with Crippen LogP contribution in [0.5, 0.6) is 0 Å². The third-order valence-corrected chi connectivity index (χ3v) is 3.35. The van der Waals surface area contributed by atoms with Crippen LogP contribution in [0, 0.1) is 0 Å². The van der Waals surface area contributed by atoms with E-state index >= 15 is 0 Å². The van der Waals surface area contributed by atoms with E-state index in [0.29, 0.717) is 6.04 Å². The van der Waals surface area contributed by atoms with Crippen LogP contribution in [0.2, 0.25) is 5.02 Å². The van der Waals surface area contributed by atoms with Crippen molar-refractivity contribution in [2.75, 3.05) is 13.7 Å². The first kappa shape index (κ1) is 14.5. The predicted octanol–water partition coefficient (Wildman–Crippen LogP) is 3.81. The maximum Gasteiger partial charge on any atom is 0.0634 e. The SMILES string of the molecule is COC(C)(C)CCN[C@@H](C)c1ccc(Cl)cc1.